The van der Waals surface area contributed by atoms with Crippen LogP contribution in [0.1, 0.15) is 51.5 Å². The number of unbranched alkanes of at least 4 members (excludes halogenated alkanes) is 2. The lowest BCUT2D eigenvalue weighted by atomic mass is 10.1. The molecule has 0 aromatic heterocycles. The van der Waals surface area contributed by atoms with Gasteiger partial charge < -0.3 is 42.2 Å². The van der Waals surface area contributed by atoms with Gasteiger partial charge in [0.25, 0.3) is 0 Å². The smallest absolute Gasteiger partial charge is 0.243 e. The summed E-state index contributed by atoms with van der Waals surface area (Å²) in [6.45, 7) is 2.52. The molecule has 0 unspecified atom stereocenters. The van der Waals surface area contributed by atoms with Crippen LogP contribution in [0, 0.1) is 0 Å². The third kappa shape index (κ3) is 18.9. The second kappa shape index (κ2) is 20.7. The second-order valence-electron chi connectivity index (χ2n) is 10.3. The zero-order valence-corrected chi connectivity index (χ0v) is 24.8. The van der Waals surface area contributed by atoms with E-state index < -0.39 is 54.3 Å². The minimum Gasteiger partial charge on any atom is -0.381 e. The van der Waals surface area contributed by atoms with E-state index >= 15 is 0 Å². The van der Waals surface area contributed by atoms with Crippen molar-refractivity contribution in [3.05, 3.63) is 35.9 Å². The summed E-state index contributed by atoms with van der Waals surface area (Å²) in [4.78, 5) is 72.7. The Morgan fingerprint density at radius 3 is 2.14 bits per heavy atom. The maximum absolute atomic E-state index is 12.9. The van der Waals surface area contributed by atoms with Crippen molar-refractivity contribution in [2.24, 2.45) is 5.73 Å². The lowest BCUT2D eigenvalue weighted by Gasteiger charge is -2.24. The predicted octanol–water partition coefficient (Wildman–Crippen LogP) is -2.09. The molecule has 1 aromatic carbocycles. The number of hydrogen-bond acceptors (Lipinski definition) is 9. The Balaban J connectivity index is 2.50. The highest BCUT2D eigenvalue weighted by Crippen LogP contribution is 2.12. The molecule has 0 bridgehead atoms. The third-order valence-corrected chi connectivity index (χ3v) is 5.95. The lowest BCUT2D eigenvalue weighted by molar-refractivity contribution is -0.132. The fourth-order valence-electron chi connectivity index (χ4n) is 3.74. The summed E-state index contributed by atoms with van der Waals surface area (Å²) in [6.07, 6.45) is 2.58. The van der Waals surface area contributed by atoms with Crippen LogP contribution in [0.2, 0.25) is 0 Å². The summed E-state index contributed by atoms with van der Waals surface area (Å²) >= 11 is 0. The molecule has 15 nitrogen and oxygen atoms in total. The standard InChI is InChI=1S/C28H45N7O8/c1-28(2,14-22(29)37)43-19-34-25(40)16-33-27(42)21(13-20-9-5-3-6-10-20)35-26(41)17-32-24(39)15-31-23(38)11-7-4-8-12-30-18-36/h3,5-6,9-10,21,30,36H,4,7-8,11-19H2,1-2H3,(H2,29,37)(H,31,38)(H,32,39)(H,33,42)(H,34,40)(H,35,41)/t21-/m0/s1. The summed E-state index contributed by atoms with van der Waals surface area (Å²) in [5.41, 5.74) is 5.05. The van der Waals surface area contributed by atoms with Crippen molar-refractivity contribution in [1.29, 1.82) is 0 Å². The van der Waals surface area contributed by atoms with E-state index in [1.54, 1.807) is 44.2 Å². The average Bonchev–Trinajstić information content (AvgIpc) is 2.95. The fourth-order valence-corrected chi connectivity index (χ4v) is 3.74. The van der Waals surface area contributed by atoms with Crippen molar-refractivity contribution in [3.63, 3.8) is 0 Å². The third-order valence-electron chi connectivity index (χ3n) is 5.95. The molecule has 1 atom stereocenters. The van der Waals surface area contributed by atoms with E-state index in [0.29, 0.717) is 13.0 Å². The van der Waals surface area contributed by atoms with Gasteiger partial charge in [-0.3, -0.25) is 34.1 Å². The van der Waals surface area contributed by atoms with Gasteiger partial charge in [0, 0.05) is 12.8 Å². The molecular formula is C28H45N7O8. The van der Waals surface area contributed by atoms with Crippen molar-refractivity contribution in [3.8, 4) is 0 Å². The van der Waals surface area contributed by atoms with E-state index in [0.717, 1.165) is 18.4 Å². The van der Waals surface area contributed by atoms with E-state index in [4.69, 9.17) is 15.6 Å². The first-order valence-electron chi connectivity index (χ1n) is 14.1. The molecule has 0 aliphatic rings. The van der Waals surface area contributed by atoms with Gasteiger partial charge >= 0.3 is 0 Å². The van der Waals surface area contributed by atoms with E-state index in [1.807, 2.05) is 0 Å². The van der Waals surface area contributed by atoms with E-state index in [-0.39, 0.29) is 45.2 Å². The SMILES string of the molecule is CC(C)(CC(N)=O)OCNC(=O)CNC(=O)[C@H](Cc1ccccc1)NC(=O)CNC(=O)CNC(=O)CCCCCNCO. The Morgan fingerprint density at radius 2 is 1.47 bits per heavy atom. The highest BCUT2D eigenvalue weighted by molar-refractivity contribution is 5.92. The monoisotopic (exact) mass is 607 g/mol. The molecule has 43 heavy (non-hydrogen) atoms. The number of nitrogens with one attached hydrogen (secondary N) is 6. The molecule has 0 spiro atoms. The molecule has 0 aliphatic carbocycles. The number of amides is 6. The number of rotatable bonds is 22. The van der Waals surface area contributed by atoms with Crippen molar-refractivity contribution < 1.29 is 38.6 Å². The van der Waals surface area contributed by atoms with Crippen LogP contribution in [0.15, 0.2) is 30.3 Å². The highest BCUT2D eigenvalue weighted by Gasteiger charge is 2.23. The van der Waals surface area contributed by atoms with Gasteiger partial charge in [-0.1, -0.05) is 36.8 Å². The van der Waals surface area contributed by atoms with Crippen molar-refractivity contribution >= 4 is 35.4 Å². The molecule has 0 fully saturated rings. The number of hydrogen-bond donors (Lipinski definition) is 8. The van der Waals surface area contributed by atoms with Crippen LogP contribution in [-0.2, 0) is 39.9 Å². The number of carbonyl (C=O) groups is 6. The number of ether oxygens (including phenoxy) is 1. The Kier molecular flexibility index (Phi) is 17.8. The first-order chi connectivity index (χ1) is 20.4. The van der Waals surface area contributed by atoms with Gasteiger partial charge in [-0.15, -0.1) is 0 Å². The zero-order chi connectivity index (χ0) is 32.1. The summed E-state index contributed by atoms with van der Waals surface area (Å²) in [7, 11) is 0. The predicted molar refractivity (Wildman–Crippen MR) is 157 cm³/mol. The molecule has 240 valence electrons. The van der Waals surface area contributed by atoms with Gasteiger partial charge in [-0.2, -0.15) is 0 Å². The number of carbonyl (C=O) groups excluding carboxylic acids is 6. The van der Waals surface area contributed by atoms with Gasteiger partial charge in [-0.05, 0) is 38.8 Å². The molecule has 6 amide bonds. The first kappa shape index (κ1) is 36.9. The number of benzene rings is 1. The van der Waals surface area contributed by atoms with E-state index in [1.165, 1.54) is 0 Å². The van der Waals surface area contributed by atoms with Crippen LogP contribution in [0.5, 0.6) is 0 Å². The molecule has 0 aliphatic heterocycles. The van der Waals surface area contributed by atoms with Crippen LogP contribution < -0.4 is 37.6 Å². The van der Waals surface area contributed by atoms with E-state index in [9.17, 15) is 28.8 Å². The molecule has 1 rings (SSSR count). The van der Waals surface area contributed by atoms with Crippen molar-refractivity contribution in [1.82, 2.24) is 31.9 Å². The maximum Gasteiger partial charge on any atom is 0.243 e. The van der Waals surface area contributed by atoms with Crippen LogP contribution in [0.25, 0.3) is 0 Å². The Bertz CT molecular complexity index is 1050. The summed E-state index contributed by atoms with van der Waals surface area (Å²) in [5.74, 6) is -3.22. The Labute approximate surface area is 251 Å². The normalized spacial score (nSPS) is 11.6. The maximum atomic E-state index is 12.9. The largest absolute Gasteiger partial charge is 0.381 e. The molecule has 0 heterocycles. The van der Waals surface area contributed by atoms with Gasteiger partial charge in [0.1, 0.15) is 12.8 Å². The topological polar surface area (TPSA) is 230 Å². The zero-order valence-electron chi connectivity index (χ0n) is 24.8. The van der Waals surface area contributed by atoms with Crippen molar-refractivity contribution in [2.75, 3.05) is 39.6 Å². The van der Waals surface area contributed by atoms with Gasteiger partial charge in [-0.25, -0.2) is 0 Å². The number of primary amides is 1. The number of nitrogens with two attached hydrogens (primary N) is 1. The summed E-state index contributed by atoms with van der Waals surface area (Å²) in [6, 6.07) is 7.88. The van der Waals surface area contributed by atoms with Crippen LogP contribution >= 0.6 is 0 Å². The quantitative estimate of drug-likeness (QED) is 0.0533. The molecule has 9 N–H and O–H groups in total. The number of aliphatic hydroxyl groups excluding tert-OH is 1. The van der Waals surface area contributed by atoms with Crippen LogP contribution in [0.3, 0.4) is 0 Å². The van der Waals surface area contributed by atoms with Crippen molar-refractivity contribution in [2.45, 2.75) is 64.0 Å². The molecular weight excluding hydrogens is 562 g/mol. The van der Waals surface area contributed by atoms with E-state index in [2.05, 4.69) is 31.9 Å². The fraction of sp³-hybridized carbons (Fsp3) is 0.571. The summed E-state index contributed by atoms with van der Waals surface area (Å²) in [5, 5.41) is 23.8. The molecule has 0 saturated heterocycles. The van der Waals surface area contributed by atoms with Crippen LogP contribution in [-0.4, -0.2) is 91.8 Å². The van der Waals surface area contributed by atoms with Gasteiger partial charge in [0.05, 0.1) is 38.4 Å². The molecule has 1 aromatic rings. The minimum atomic E-state index is -1.04. The minimum absolute atomic E-state index is 0.0406. The average molecular weight is 608 g/mol. The number of aliphatic hydroxyl groups is 1. The lowest BCUT2D eigenvalue weighted by Crippen LogP contribution is -2.52. The summed E-state index contributed by atoms with van der Waals surface area (Å²) < 4.78 is 5.44. The molecule has 15 heteroatoms. The van der Waals surface area contributed by atoms with Crippen LogP contribution in [0.4, 0.5) is 0 Å². The van der Waals surface area contributed by atoms with Gasteiger partial charge in [0.15, 0.2) is 0 Å². The Morgan fingerprint density at radius 1 is 0.837 bits per heavy atom. The molecule has 0 radical (unpaired) electrons. The first-order valence-corrected chi connectivity index (χ1v) is 14.1. The second-order valence-corrected chi connectivity index (χ2v) is 10.3. The Hall–Kier alpha value is -4.08. The molecule has 0 saturated carbocycles. The van der Waals surface area contributed by atoms with Gasteiger partial charge in [0.2, 0.25) is 35.4 Å². The highest BCUT2D eigenvalue weighted by atomic mass is 16.5.